The van der Waals surface area contributed by atoms with Crippen LogP contribution in [0, 0.1) is 10.1 Å². The number of carboxylic acid groups (broad SMARTS) is 1. The minimum absolute atomic E-state index is 0.193. The van der Waals surface area contributed by atoms with Crippen LogP contribution in [0.15, 0.2) is 61.1 Å². The molecule has 0 spiro atoms. The van der Waals surface area contributed by atoms with Crippen molar-refractivity contribution < 1.29 is 14.8 Å². The van der Waals surface area contributed by atoms with Crippen molar-refractivity contribution in [2.45, 2.75) is 6.54 Å². The summed E-state index contributed by atoms with van der Waals surface area (Å²) < 4.78 is 1.62. The summed E-state index contributed by atoms with van der Waals surface area (Å²) in [5, 5.41) is 19.9. The molecule has 0 aliphatic rings. The van der Waals surface area contributed by atoms with Crippen LogP contribution in [-0.2, 0) is 6.54 Å². The highest BCUT2D eigenvalue weighted by atomic mass is 16.6. The van der Waals surface area contributed by atoms with Gasteiger partial charge in [0.2, 0.25) is 6.33 Å². The maximum Gasteiger partial charge on any atom is 0.381 e. The molecule has 7 nitrogen and oxygen atoms in total. The Morgan fingerprint density at radius 1 is 1.17 bits per heavy atom. The highest BCUT2D eigenvalue weighted by molar-refractivity contribution is 5.95. The Balaban J connectivity index is 1.83. The fraction of sp³-hybridized carbons (Fsp3) is 0.0588. The zero-order valence-corrected chi connectivity index (χ0v) is 12.5. The minimum Gasteiger partial charge on any atom is -0.478 e. The molecule has 0 unspecified atom stereocenters. The molecule has 7 heteroatoms. The van der Waals surface area contributed by atoms with Crippen LogP contribution in [0.5, 0.6) is 0 Å². The lowest BCUT2D eigenvalue weighted by Crippen LogP contribution is -1.99. The number of nitro groups is 1. The van der Waals surface area contributed by atoms with Gasteiger partial charge in [0, 0.05) is 0 Å². The summed E-state index contributed by atoms with van der Waals surface area (Å²) in [6.45, 7) is 0.446. The molecule has 24 heavy (non-hydrogen) atoms. The van der Waals surface area contributed by atoms with E-state index in [0.29, 0.717) is 12.1 Å². The van der Waals surface area contributed by atoms with Gasteiger partial charge in [0.05, 0.1) is 12.1 Å². The lowest BCUT2D eigenvalue weighted by molar-refractivity contribution is -0.389. The Labute approximate surface area is 137 Å². The largest absolute Gasteiger partial charge is 0.478 e. The molecule has 0 amide bonds. The van der Waals surface area contributed by atoms with Crippen molar-refractivity contribution >= 4 is 11.8 Å². The number of aromatic carboxylic acids is 1. The molecule has 0 aliphatic carbocycles. The molecule has 1 N–H and O–H groups in total. The summed E-state index contributed by atoms with van der Waals surface area (Å²) in [6.07, 6.45) is 2.78. The number of imidazole rings is 1. The third-order valence-electron chi connectivity index (χ3n) is 3.59. The monoisotopic (exact) mass is 323 g/mol. The van der Waals surface area contributed by atoms with Crippen LogP contribution >= 0.6 is 0 Å². The molecule has 120 valence electrons. The fourth-order valence-electron chi connectivity index (χ4n) is 2.45. The highest BCUT2D eigenvalue weighted by Gasteiger charge is 2.12. The van der Waals surface area contributed by atoms with Crippen LogP contribution in [0.4, 0.5) is 5.82 Å². The van der Waals surface area contributed by atoms with E-state index in [2.05, 4.69) is 4.98 Å². The van der Waals surface area contributed by atoms with E-state index in [0.717, 1.165) is 11.1 Å². The fourth-order valence-corrected chi connectivity index (χ4v) is 2.45. The molecule has 3 aromatic rings. The van der Waals surface area contributed by atoms with E-state index < -0.39 is 10.9 Å². The van der Waals surface area contributed by atoms with Crippen LogP contribution in [0.2, 0.25) is 0 Å². The average molecular weight is 323 g/mol. The zero-order chi connectivity index (χ0) is 17.1. The first-order valence-corrected chi connectivity index (χ1v) is 7.12. The first kappa shape index (κ1) is 15.4. The number of aromatic nitrogens is 2. The van der Waals surface area contributed by atoms with Crippen molar-refractivity contribution in [1.82, 2.24) is 9.55 Å². The van der Waals surface area contributed by atoms with Gasteiger partial charge in [-0.2, -0.15) is 0 Å². The molecule has 1 heterocycles. The predicted octanol–water partition coefficient (Wildman–Crippen LogP) is 3.20. The van der Waals surface area contributed by atoms with Crippen LogP contribution in [0.3, 0.4) is 0 Å². The molecule has 0 bridgehead atoms. The summed E-state index contributed by atoms with van der Waals surface area (Å²) in [7, 11) is 0. The number of hydrogen-bond donors (Lipinski definition) is 1. The van der Waals surface area contributed by atoms with E-state index in [1.807, 2.05) is 24.3 Å². The number of benzene rings is 2. The van der Waals surface area contributed by atoms with Gasteiger partial charge < -0.3 is 19.8 Å². The van der Waals surface area contributed by atoms with E-state index in [4.69, 9.17) is 0 Å². The topological polar surface area (TPSA) is 98.3 Å². The van der Waals surface area contributed by atoms with Gasteiger partial charge in [0.1, 0.15) is 6.20 Å². The number of carbonyl (C=O) groups is 1. The standard InChI is InChI=1S/C17H13N3O4/c21-17(22)15-4-2-1-3-14(15)13-7-5-12(6-8-13)9-19-10-16(18-11-19)20(23)24/h1-8,10-11H,9H2,(H,21,22). The van der Waals surface area contributed by atoms with Gasteiger partial charge in [-0.3, -0.25) is 0 Å². The second-order valence-electron chi connectivity index (χ2n) is 5.21. The van der Waals surface area contributed by atoms with Crippen molar-refractivity contribution in [3.8, 4) is 11.1 Å². The van der Waals surface area contributed by atoms with E-state index in [1.54, 1.807) is 28.8 Å². The van der Waals surface area contributed by atoms with Crippen LogP contribution in [0.25, 0.3) is 11.1 Å². The van der Waals surface area contributed by atoms with Crippen molar-refractivity contribution in [2.75, 3.05) is 0 Å². The molecule has 3 rings (SSSR count). The maximum absolute atomic E-state index is 11.3. The van der Waals surface area contributed by atoms with Crippen molar-refractivity contribution in [3.05, 3.63) is 82.3 Å². The van der Waals surface area contributed by atoms with Gasteiger partial charge in [-0.1, -0.05) is 42.5 Å². The lowest BCUT2D eigenvalue weighted by atomic mass is 9.99. The minimum atomic E-state index is -0.972. The Morgan fingerprint density at radius 3 is 2.50 bits per heavy atom. The Kier molecular flexibility index (Phi) is 4.07. The van der Waals surface area contributed by atoms with E-state index in [9.17, 15) is 20.0 Å². The summed E-state index contributed by atoms with van der Waals surface area (Å²) >= 11 is 0. The molecular weight excluding hydrogens is 310 g/mol. The first-order valence-electron chi connectivity index (χ1n) is 7.12. The van der Waals surface area contributed by atoms with Gasteiger partial charge in [-0.25, -0.2) is 4.79 Å². The molecule has 2 aromatic carbocycles. The van der Waals surface area contributed by atoms with E-state index >= 15 is 0 Å². The van der Waals surface area contributed by atoms with Gasteiger partial charge in [0.25, 0.3) is 0 Å². The molecular formula is C17H13N3O4. The second-order valence-corrected chi connectivity index (χ2v) is 5.21. The van der Waals surface area contributed by atoms with Crippen molar-refractivity contribution in [2.24, 2.45) is 0 Å². The normalized spacial score (nSPS) is 10.5. The summed E-state index contributed by atoms with van der Waals surface area (Å²) in [6, 6.07) is 14.2. The van der Waals surface area contributed by atoms with E-state index in [1.165, 1.54) is 12.5 Å². The van der Waals surface area contributed by atoms with Crippen molar-refractivity contribution in [3.63, 3.8) is 0 Å². The third kappa shape index (κ3) is 3.14. The number of carboxylic acids is 1. The smallest absolute Gasteiger partial charge is 0.381 e. The molecule has 0 atom stereocenters. The van der Waals surface area contributed by atoms with Crippen molar-refractivity contribution in [1.29, 1.82) is 0 Å². The third-order valence-corrected chi connectivity index (χ3v) is 3.59. The van der Waals surface area contributed by atoms with Crippen LogP contribution < -0.4 is 0 Å². The Morgan fingerprint density at radius 2 is 1.88 bits per heavy atom. The quantitative estimate of drug-likeness (QED) is 0.574. The SMILES string of the molecule is O=C(O)c1ccccc1-c1ccc(Cn2cnc([N+](=O)[O-])c2)cc1. The van der Waals surface area contributed by atoms with Gasteiger partial charge in [0.15, 0.2) is 0 Å². The summed E-state index contributed by atoms with van der Waals surface area (Å²) in [4.78, 5) is 25.1. The molecule has 0 fully saturated rings. The first-order chi connectivity index (χ1) is 11.5. The molecule has 1 aromatic heterocycles. The Bertz CT molecular complexity index is 900. The van der Waals surface area contributed by atoms with Gasteiger partial charge in [-0.15, -0.1) is 0 Å². The molecule has 0 saturated carbocycles. The summed E-state index contributed by atoms with van der Waals surface area (Å²) in [5.41, 5.74) is 2.62. The number of nitrogens with zero attached hydrogens (tertiary/aromatic N) is 3. The zero-order valence-electron chi connectivity index (χ0n) is 12.5. The maximum atomic E-state index is 11.3. The predicted molar refractivity (Wildman–Crippen MR) is 86.8 cm³/mol. The van der Waals surface area contributed by atoms with Crippen LogP contribution in [0.1, 0.15) is 15.9 Å². The number of rotatable bonds is 5. The van der Waals surface area contributed by atoms with Gasteiger partial charge in [-0.05, 0) is 32.7 Å². The van der Waals surface area contributed by atoms with E-state index in [-0.39, 0.29) is 11.4 Å². The van der Waals surface area contributed by atoms with Gasteiger partial charge >= 0.3 is 11.8 Å². The highest BCUT2D eigenvalue weighted by Crippen LogP contribution is 2.24. The summed E-state index contributed by atoms with van der Waals surface area (Å²) in [5.74, 6) is -1.16. The molecule has 0 saturated heterocycles. The van der Waals surface area contributed by atoms with Crippen LogP contribution in [-0.4, -0.2) is 25.6 Å². The number of hydrogen-bond acceptors (Lipinski definition) is 4. The molecule has 0 radical (unpaired) electrons. The second kappa shape index (κ2) is 6.33. The lowest BCUT2D eigenvalue weighted by Gasteiger charge is -2.07. The average Bonchev–Trinajstić information content (AvgIpc) is 3.04. The molecule has 0 aliphatic heterocycles. The Hall–Kier alpha value is -3.48.